The van der Waals surface area contributed by atoms with E-state index in [2.05, 4.69) is 10.2 Å². The van der Waals surface area contributed by atoms with E-state index < -0.39 is 4.46 Å². The van der Waals surface area contributed by atoms with Crippen molar-refractivity contribution < 1.29 is 4.79 Å². The van der Waals surface area contributed by atoms with Crippen LogP contribution in [-0.2, 0) is 4.79 Å². The van der Waals surface area contributed by atoms with Gasteiger partial charge in [-0.3, -0.25) is 4.79 Å². The molecule has 0 aliphatic carbocycles. The molecule has 0 radical (unpaired) electrons. The largest absolute Gasteiger partial charge is 0.294 e. The quantitative estimate of drug-likeness (QED) is 0.336. The van der Waals surface area contributed by atoms with Crippen LogP contribution in [0, 0.1) is 6.92 Å². The molecule has 0 amide bonds. The predicted molar refractivity (Wildman–Crippen MR) is 84.7 cm³/mol. The second-order valence-electron chi connectivity index (χ2n) is 4.30. The SMILES string of the molecule is CCCCC(=O)C(Cl)(Cl)N=Nc1cc(Cl)cc(Cl)c1C. The van der Waals surface area contributed by atoms with Gasteiger partial charge < -0.3 is 0 Å². The monoisotopic (exact) mass is 354 g/mol. The summed E-state index contributed by atoms with van der Waals surface area (Å²) < 4.78 is -1.88. The van der Waals surface area contributed by atoms with Crippen molar-refractivity contribution in [1.82, 2.24) is 0 Å². The van der Waals surface area contributed by atoms with E-state index in [1.165, 1.54) is 0 Å². The molecule has 0 unspecified atom stereocenters. The summed E-state index contributed by atoms with van der Waals surface area (Å²) in [5.41, 5.74) is 1.11. The van der Waals surface area contributed by atoms with Crippen LogP contribution in [0.25, 0.3) is 0 Å². The zero-order chi connectivity index (χ0) is 15.3. The van der Waals surface area contributed by atoms with Crippen LogP contribution in [0.4, 0.5) is 5.69 Å². The van der Waals surface area contributed by atoms with E-state index in [9.17, 15) is 4.79 Å². The minimum atomic E-state index is -1.88. The number of Topliss-reactive ketones (excluding diaryl/α,β-unsaturated/α-hetero) is 1. The number of carbonyl (C=O) groups is 1. The zero-order valence-corrected chi connectivity index (χ0v) is 14.1. The van der Waals surface area contributed by atoms with Gasteiger partial charge in [0.25, 0.3) is 4.46 Å². The second-order valence-corrected chi connectivity index (χ2v) is 6.43. The molecule has 0 aromatic heterocycles. The van der Waals surface area contributed by atoms with Crippen molar-refractivity contribution in [1.29, 1.82) is 0 Å². The molecule has 0 saturated carbocycles. The molecule has 1 aromatic carbocycles. The molecule has 0 aliphatic rings. The Balaban J connectivity index is 2.94. The highest BCUT2D eigenvalue weighted by atomic mass is 35.5. The van der Waals surface area contributed by atoms with Gasteiger partial charge in [-0.2, -0.15) is 5.11 Å². The lowest BCUT2D eigenvalue weighted by Crippen LogP contribution is -2.22. The number of hydrogen-bond acceptors (Lipinski definition) is 3. The van der Waals surface area contributed by atoms with Gasteiger partial charge in [0.2, 0.25) is 0 Å². The molecular formula is C13H14Cl4N2O. The maximum absolute atomic E-state index is 11.8. The summed E-state index contributed by atoms with van der Waals surface area (Å²) in [6.07, 6.45) is 1.84. The third kappa shape index (κ3) is 4.88. The molecule has 0 aliphatic heterocycles. The van der Waals surface area contributed by atoms with Gasteiger partial charge in [-0.1, -0.05) is 59.7 Å². The molecule has 110 valence electrons. The third-order valence-electron chi connectivity index (χ3n) is 2.66. The van der Waals surface area contributed by atoms with Crippen molar-refractivity contribution in [3.05, 3.63) is 27.7 Å². The Morgan fingerprint density at radius 1 is 1.30 bits per heavy atom. The molecule has 0 saturated heterocycles. The van der Waals surface area contributed by atoms with Crippen molar-refractivity contribution in [2.45, 2.75) is 37.6 Å². The molecule has 0 spiro atoms. The van der Waals surface area contributed by atoms with Crippen LogP contribution in [0.1, 0.15) is 31.7 Å². The Morgan fingerprint density at radius 2 is 1.95 bits per heavy atom. The number of rotatable bonds is 6. The maximum Gasteiger partial charge on any atom is 0.286 e. The summed E-state index contributed by atoms with van der Waals surface area (Å²) in [7, 11) is 0. The minimum Gasteiger partial charge on any atom is -0.294 e. The molecule has 0 heterocycles. The molecule has 3 nitrogen and oxygen atoms in total. The van der Waals surface area contributed by atoms with Gasteiger partial charge in [-0.25, -0.2) is 0 Å². The second kappa shape index (κ2) is 7.60. The number of unbranched alkanes of at least 4 members (excludes halogenated alkanes) is 1. The normalized spacial score (nSPS) is 12.1. The number of ketones is 1. The van der Waals surface area contributed by atoms with E-state index in [0.717, 1.165) is 6.42 Å². The van der Waals surface area contributed by atoms with Gasteiger partial charge in [0, 0.05) is 16.5 Å². The van der Waals surface area contributed by atoms with Crippen LogP contribution in [0.2, 0.25) is 10.0 Å². The van der Waals surface area contributed by atoms with Crippen molar-refractivity contribution in [2.75, 3.05) is 0 Å². The summed E-state index contributed by atoms with van der Waals surface area (Å²) in [4.78, 5) is 11.8. The van der Waals surface area contributed by atoms with E-state index in [0.29, 0.717) is 27.7 Å². The number of alkyl halides is 2. The highest BCUT2D eigenvalue weighted by Gasteiger charge is 2.32. The summed E-state index contributed by atoms with van der Waals surface area (Å²) in [6.45, 7) is 3.73. The fourth-order valence-corrected chi connectivity index (χ4v) is 2.14. The highest BCUT2D eigenvalue weighted by Crippen LogP contribution is 2.33. The molecule has 0 fully saturated rings. The lowest BCUT2D eigenvalue weighted by molar-refractivity contribution is -0.119. The highest BCUT2D eigenvalue weighted by molar-refractivity contribution is 6.58. The smallest absolute Gasteiger partial charge is 0.286 e. The average Bonchev–Trinajstić information content (AvgIpc) is 2.38. The first-order chi connectivity index (χ1) is 9.27. The summed E-state index contributed by atoms with van der Waals surface area (Å²) in [5.74, 6) is -0.378. The Kier molecular flexibility index (Phi) is 6.73. The third-order valence-corrected chi connectivity index (χ3v) is 3.84. The van der Waals surface area contributed by atoms with Gasteiger partial charge in [-0.05, 0) is 31.0 Å². The van der Waals surface area contributed by atoms with Gasteiger partial charge in [0.05, 0.1) is 5.69 Å². The number of benzene rings is 1. The van der Waals surface area contributed by atoms with Gasteiger partial charge >= 0.3 is 0 Å². The standard InChI is InChI=1S/C13H14Cl4N2O/c1-3-4-5-12(20)13(16,17)19-18-11-7-9(14)6-10(15)8(11)2/h6-7H,3-5H2,1-2H3. The number of hydrogen-bond donors (Lipinski definition) is 0. The summed E-state index contributed by atoms with van der Waals surface area (Å²) in [6, 6.07) is 3.17. The topological polar surface area (TPSA) is 41.8 Å². The Bertz CT molecular complexity index is 529. The lowest BCUT2D eigenvalue weighted by Gasteiger charge is -2.11. The van der Waals surface area contributed by atoms with Crippen LogP contribution in [0.15, 0.2) is 22.4 Å². The lowest BCUT2D eigenvalue weighted by atomic mass is 10.2. The van der Waals surface area contributed by atoms with E-state index in [1.54, 1.807) is 19.1 Å². The van der Waals surface area contributed by atoms with Crippen molar-refractivity contribution in [3.8, 4) is 0 Å². The molecule has 7 heteroatoms. The zero-order valence-electron chi connectivity index (χ0n) is 11.1. The first kappa shape index (κ1) is 17.7. The van der Waals surface area contributed by atoms with Crippen LogP contribution in [0.3, 0.4) is 0 Å². The van der Waals surface area contributed by atoms with Gasteiger partial charge in [0.15, 0.2) is 5.78 Å². The first-order valence-electron chi connectivity index (χ1n) is 6.07. The number of nitrogens with zero attached hydrogens (tertiary/aromatic N) is 2. The molecule has 0 N–H and O–H groups in total. The number of azo groups is 1. The van der Waals surface area contributed by atoms with Crippen LogP contribution >= 0.6 is 46.4 Å². The van der Waals surface area contributed by atoms with Crippen LogP contribution in [-0.4, -0.2) is 10.2 Å². The maximum atomic E-state index is 11.8. The summed E-state index contributed by atoms with van der Waals surface area (Å²) >= 11 is 23.7. The fraction of sp³-hybridized carbons (Fsp3) is 0.462. The van der Waals surface area contributed by atoms with Gasteiger partial charge in [0.1, 0.15) is 0 Å². The van der Waals surface area contributed by atoms with Crippen molar-refractivity contribution in [2.24, 2.45) is 10.2 Å². The van der Waals surface area contributed by atoms with E-state index in [4.69, 9.17) is 46.4 Å². The Hall–Kier alpha value is -0.350. The van der Waals surface area contributed by atoms with E-state index in [-0.39, 0.29) is 12.2 Å². The fourth-order valence-electron chi connectivity index (χ4n) is 1.40. The van der Waals surface area contributed by atoms with E-state index in [1.807, 2.05) is 6.92 Å². The number of halogens is 4. The molecule has 0 atom stereocenters. The molecule has 1 rings (SSSR count). The molecule has 1 aromatic rings. The molecule has 20 heavy (non-hydrogen) atoms. The molecule has 0 bridgehead atoms. The average molecular weight is 356 g/mol. The van der Waals surface area contributed by atoms with Crippen molar-refractivity contribution >= 4 is 57.9 Å². The van der Waals surface area contributed by atoms with Crippen LogP contribution < -0.4 is 0 Å². The predicted octanol–water partition coefficient (Wildman–Crippen LogP) is 6.28. The Morgan fingerprint density at radius 3 is 2.55 bits per heavy atom. The minimum absolute atomic E-state index is 0.262. The van der Waals surface area contributed by atoms with E-state index >= 15 is 0 Å². The Labute approximate surface area is 138 Å². The summed E-state index contributed by atoms with van der Waals surface area (Å²) in [5, 5.41) is 8.49. The van der Waals surface area contributed by atoms with Crippen LogP contribution in [0.5, 0.6) is 0 Å². The number of carbonyl (C=O) groups excluding carboxylic acids is 1. The van der Waals surface area contributed by atoms with Gasteiger partial charge in [-0.15, -0.1) is 5.11 Å². The first-order valence-corrected chi connectivity index (χ1v) is 7.58. The van der Waals surface area contributed by atoms with Crippen molar-refractivity contribution in [3.63, 3.8) is 0 Å². The molecular weight excluding hydrogens is 342 g/mol.